The molecule has 1 aliphatic carbocycles. The zero-order chi connectivity index (χ0) is 25.3. The number of nitrogens with zero attached hydrogens (tertiary/aromatic N) is 1. The lowest BCUT2D eigenvalue weighted by Crippen LogP contribution is -2.33. The topological polar surface area (TPSA) is 114 Å². The van der Waals surface area contributed by atoms with E-state index in [1.165, 1.54) is 0 Å². The number of nitrogens with two attached hydrogens (primary N) is 1. The number of halogens is 2. The first-order chi connectivity index (χ1) is 16.6. The Morgan fingerprint density at radius 3 is 2.80 bits per heavy atom. The molecule has 180 valence electrons. The number of amides is 1. The summed E-state index contributed by atoms with van der Waals surface area (Å²) >= 11 is 9.44. The van der Waals surface area contributed by atoms with E-state index in [9.17, 15) is 14.9 Å². The zero-order valence-corrected chi connectivity index (χ0v) is 21.5. The normalized spacial score (nSPS) is 18.9. The average molecular weight is 557 g/mol. The number of allylic oxidation sites excluding steroid dienone is 3. The SMILES string of the molecule is CC1(C)CC(=O)C2=C(C1)OC(N)=C(C#N)C2c1cc(Br)ccc1OCC(=O)Nc1cccc(Cl)c1. The standard InChI is InChI=1S/C26H23BrClN3O4/c1-26(2)10-19(32)24-21(11-26)35-25(30)18(12-29)23(24)17-8-14(27)6-7-20(17)34-13-22(33)31-16-5-3-4-15(28)9-16/h3-9,23H,10-11,13,30H2,1-2H3,(H,31,33). The van der Waals surface area contributed by atoms with Crippen LogP contribution in [0.15, 0.2) is 69.7 Å². The van der Waals surface area contributed by atoms with Crippen LogP contribution in [-0.2, 0) is 14.3 Å². The van der Waals surface area contributed by atoms with Crippen LogP contribution in [0.5, 0.6) is 5.75 Å². The van der Waals surface area contributed by atoms with Crippen molar-refractivity contribution >= 4 is 44.9 Å². The average Bonchev–Trinajstić information content (AvgIpc) is 2.76. The van der Waals surface area contributed by atoms with Crippen LogP contribution < -0.4 is 15.8 Å². The molecule has 0 aromatic heterocycles. The molecule has 2 aliphatic rings. The summed E-state index contributed by atoms with van der Waals surface area (Å²) in [6.45, 7) is 3.68. The number of hydrogen-bond acceptors (Lipinski definition) is 6. The Morgan fingerprint density at radius 2 is 2.09 bits per heavy atom. The molecule has 4 rings (SSSR count). The molecule has 0 bridgehead atoms. The van der Waals surface area contributed by atoms with Gasteiger partial charge in [0.2, 0.25) is 5.88 Å². The van der Waals surface area contributed by atoms with Crippen LogP contribution in [0.2, 0.25) is 5.02 Å². The lowest BCUT2D eigenvalue weighted by Gasteiger charge is -2.37. The van der Waals surface area contributed by atoms with Crippen LogP contribution in [0, 0.1) is 16.7 Å². The predicted molar refractivity (Wildman–Crippen MR) is 135 cm³/mol. The number of hydrogen-bond donors (Lipinski definition) is 2. The molecule has 1 amide bonds. The number of ether oxygens (including phenoxy) is 2. The largest absolute Gasteiger partial charge is 0.483 e. The molecule has 0 fully saturated rings. The maximum absolute atomic E-state index is 13.3. The highest BCUT2D eigenvalue weighted by molar-refractivity contribution is 9.10. The number of nitriles is 1. The molecule has 3 N–H and O–H groups in total. The Kier molecular flexibility index (Phi) is 6.93. The van der Waals surface area contributed by atoms with Crippen LogP contribution >= 0.6 is 27.5 Å². The first kappa shape index (κ1) is 24.8. The van der Waals surface area contributed by atoms with Crippen LogP contribution in [0.4, 0.5) is 5.69 Å². The van der Waals surface area contributed by atoms with Gasteiger partial charge in [0.05, 0.1) is 5.92 Å². The molecule has 1 aliphatic heterocycles. The van der Waals surface area contributed by atoms with Gasteiger partial charge in [0.25, 0.3) is 5.91 Å². The number of Topliss-reactive ketones (excluding diaryl/α,β-unsaturated/α-hetero) is 1. The van der Waals surface area contributed by atoms with Gasteiger partial charge in [-0.25, -0.2) is 0 Å². The van der Waals surface area contributed by atoms with Crippen LogP contribution in [0.1, 0.15) is 38.2 Å². The Balaban J connectivity index is 1.68. The second kappa shape index (κ2) is 9.76. The molecule has 1 heterocycles. The van der Waals surface area contributed by atoms with E-state index in [2.05, 4.69) is 27.3 Å². The molecule has 0 saturated carbocycles. The summed E-state index contributed by atoms with van der Waals surface area (Å²) in [6.07, 6.45) is 0.826. The van der Waals surface area contributed by atoms with Crippen LogP contribution in [-0.4, -0.2) is 18.3 Å². The highest BCUT2D eigenvalue weighted by Crippen LogP contribution is 2.49. The smallest absolute Gasteiger partial charge is 0.262 e. The van der Waals surface area contributed by atoms with Crippen molar-refractivity contribution in [3.63, 3.8) is 0 Å². The molecular weight excluding hydrogens is 534 g/mol. The maximum Gasteiger partial charge on any atom is 0.262 e. The van der Waals surface area contributed by atoms with Crippen molar-refractivity contribution in [2.45, 2.75) is 32.6 Å². The molecule has 2 aromatic carbocycles. The zero-order valence-electron chi connectivity index (χ0n) is 19.2. The molecule has 1 atom stereocenters. The molecule has 0 saturated heterocycles. The van der Waals surface area contributed by atoms with Crippen LogP contribution in [0.25, 0.3) is 0 Å². The van der Waals surface area contributed by atoms with Gasteiger partial charge >= 0.3 is 0 Å². The van der Waals surface area contributed by atoms with E-state index in [-0.39, 0.29) is 35.2 Å². The van der Waals surface area contributed by atoms with Gasteiger partial charge in [-0.05, 0) is 41.8 Å². The minimum atomic E-state index is -0.768. The Bertz CT molecular complexity index is 1330. The minimum absolute atomic E-state index is 0.0358. The predicted octanol–water partition coefficient (Wildman–Crippen LogP) is 5.57. The van der Waals surface area contributed by atoms with E-state index in [1.807, 2.05) is 13.8 Å². The fraction of sp³-hybridized carbons (Fsp3) is 0.269. The third-order valence-corrected chi connectivity index (χ3v) is 6.55. The summed E-state index contributed by atoms with van der Waals surface area (Å²) in [5, 5.41) is 13.1. The number of anilines is 1. The maximum atomic E-state index is 13.3. The molecule has 9 heteroatoms. The molecule has 2 aromatic rings. The minimum Gasteiger partial charge on any atom is -0.483 e. The number of carbonyl (C=O) groups is 2. The third kappa shape index (κ3) is 5.37. The Hall–Kier alpha value is -3.28. The van der Waals surface area contributed by atoms with Crippen molar-refractivity contribution in [1.29, 1.82) is 5.26 Å². The summed E-state index contributed by atoms with van der Waals surface area (Å²) in [6, 6.07) is 14.1. The van der Waals surface area contributed by atoms with Gasteiger partial charge in [-0.1, -0.05) is 47.4 Å². The summed E-state index contributed by atoms with van der Waals surface area (Å²) in [5.41, 5.74) is 7.45. The number of carbonyl (C=O) groups excluding carboxylic acids is 2. The molecule has 35 heavy (non-hydrogen) atoms. The van der Waals surface area contributed by atoms with Crippen molar-refractivity contribution in [1.82, 2.24) is 0 Å². The van der Waals surface area contributed by atoms with Crippen LogP contribution in [0.3, 0.4) is 0 Å². The second-order valence-electron chi connectivity index (χ2n) is 9.23. The fourth-order valence-corrected chi connectivity index (χ4v) is 4.95. The van der Waals surface area contributed by atoms with E-state index in [1.54, 1.807) is 42.5 Å². The van der Waals surface area contributed by atoms with E-state index >= 15 is 0 Å². The van der Waals surface area contributed by atoms with Gasteiger partial charge in [-0.3, -0.25) is 9.59 Å². The van der Waals surface area contributed by atoms with Gasteiger partial charge in [0.15, 0.2) is 12.4 Å². The highest BCUT2D eigenvalue weighted by atomic mass is 79.9. The summed E-state index contributed by atoms with van der Waals surface area (Å²) in [4.78, 5) is 25.8. The van der Waals surface area contributed by atoms with Crippen molar-refractivity contribution in [2.24, 2.45) is 11.1 Å². The van der Waals surface area contributed by atoms with E-state index in [0.717, 1.165) is 4.47 Å². The number of nitrogens with one attached hydrogen (secondary N) is 1. The Labute approximate surface area is 216 Å². The summed E-state index contributed by atoms with van der Waals surface area (Å²) in [7, 11) is 0. The third-order valence-electron chi connectivity index (χ3n) is 5.83. The fourth-order valence-electron chi connectivity index (χ4n) is 4.38. The first-order valence-corrected chi connectivity index (χ1v) is 12.1. The lowest BCUT2D eigenvalue weighted by atomic mass is 9.70. The number of benzene rings is 2. The monoisotopic (exact) mass is 555 g/mol. The van der Waals surface area contributed by atoms with Gasteiger partial charge < -0.3 is 20.5 Å². The quantitative estimate of drug-likeness (QED) is 0.498. The second-order valence-corrected chi connectivity index (χ2v) is 10.6. The first-order valence-electron chi connectivity index (χ1n) is 10.9. The van der Waals surface area contributed by atoms with E-state index in [4.69, 9.17) is 26.8 Å². The van der Waals surface area contributed by atoms with Gasteiger partial charge in [-0.2, -0.15) is 5.26 Å². The van der Waals surface area contributed by atoms with Gasteiger partial charge in [0.1, 0.15) is 23.2 Å². The molecule has 1 unspecified atom stereocenters. The van der Waals surface area contributed by atoms with Gasteiger partial charge in [-0.15, -0.1) is 0 Å². The van der Waals surface area contributed by atoms with Crippen molar-refractivity contribution in [3.05, 3.63) is 80.3 Å². The van der Waals surface area contributed by atoms with Crippen molar-refractivity contribution in [2.75, 3.05) is 11.9 Å². The lowest BCUT2D eigenvalue weighted by molar-refractivity contribution is -0.119. The molecule has 7 nitrogen and oxygen atoms in total. The van der Waals surface area contributed by atoms with Crippen molar-refractivity contribution in [3.8, 4) is 11.8 Å². The number of ketones is 1. The van der Waals surface area contributed by atoms with E-state index in [0.29, 0.717) is 46.2 Å². The number of rotatable bonds is 5. The Morgan fingerprint density at radius 1 is 1.31 bits per heavy atom. The van der Waals surface area contributed by atoms with Crippen molar-refractivity contribution < 1.29 is 19.1 Å². The molecular formula is C26H23BrClN3O4. The van der Waals surface area contributed by atoms with E-state index < -0.39 is 5.92 Å². The molecule has 0 radical (unpaired) electrons. The summed E-state index contributed by atoms with van der Waals surface area (Å²) in [5.74, 6) is -0.476. The highest BCUT2D eigenvalue weighted by Gasteiger charge is 2.43. The summed E-state index contributed by atoms with van der Waals surface area (Å²) < 4.78 is 12.4. The van der Waals surface area contributed by atoms with Gasteiger partial charge in [0, 0.05) is 39.2 Å². The molecule has 0 spiro atoms.